The van der Waals surface area contributed by atoms with Gasteiger partial charge in [-0.1, -0.05) is 17.7 Å². The lowest BCUT2D eigenvalue weighted by Gasteiger charge is -2.13. The van der Waals surface area contributed by atoms with Gasteiger partial charge in [0.25, 0.3) is 0 Å². The molecule has 3 nitrogen and oxygen atoms in total. The van der Waals surface area contributed by atoms with Crippen molar-refractivity contribution in [3.8, 4) is 5.75 Å². The number of aryl methyl sites for hydroxylation is 1. The second-order valence-electron chi connectivity index (χ2n) is 3.80. The molecule has 1 heterocycles. The van der Waals surface area contributed by atoms with Crippen molar-refractivity contribution in [2.75, 3.05) is 7.11 Å². The number of hydrogen-bond acceptors (Lipinski definition) is 3. The first-order valence-electron chi connectivity index (χ1n) is 5.26. The fraction of sp³-hybridized carbons (Fsp3) is 0.231. The Kier molecular flexibility index (Phi) is 3.41. The van der Waals surface area contributed by atoms with Gasteiger partial charge >= 0.3 is 0 Å². The van der Waals surface area contributed by atoms with E-state index >= 15 is 0 Å². The molecule has 0 saturated carbocycles. The number of halogens is 1. The molecule has 2 rings (SSSR count). The fourth-order valence-electron chi connectivity index (χ4n) is 1.77. The van der Waals surface area contributed by atoms with E-state index in [-0.39, 0.29) is 6.04 Å². The maximum Gasteiger partial charge on any atom is 0.137 e. The lowest BCUT2D eigenvalue weighted by Crippen LogP contribution is -2.12. The summed E-state index contributed by atoms with van der Waals surface area (Å²) in [5.74, 6) is 1.45. The van der Waals surface area contributed by atoms with Crippen LogP contribution in [0.15, 0.2) is 34.9 Å². The average molecular weight is 252 g/mol. The van der Waals surface area contributed by atoms with E-state index in [1.807, 2.05) is 25.1 Å². The van der Waals surface area contributed by atoms with Crippen LogP contribution in [0.25, 0.3) is 0 Å². The van der Waals surface area contributed by atoms with Gasteiger partial charge in [-0.05, 0) is 30.7 Å². The van der Waals surface area contributed by atoms with Crippen molar-refractivity contribution in [1.82, 2.24) is 0 Å². The van der Waals surface area contributed by atoms with Gasteiger partial charge in [0, 0.05) is 5.56 Å². The zero-order valence-corrected chi connectivity index (χ0v) is 10.5. The van der Waals surface area contributed by atoms with Gasteiger partial charge in [-0.2, -0.15) is 0 Å². The molecule has 2 aromatic rings. The highest BCUT2D eigenvalue weighted by atomic mass is 35.5. The summed E-state index contributed by atoms with van der Waals surface area (Å²) in [5, 5.41) is 0.576. The van der Waals surface area contributed by atoms with E-state index in [1.165, 1.54) is 0 Å². The van der Waals surface area contributed by atoms with Crippen molar-refractivity contribution >= 4 is 11.6 Å². The van der Waals surface area contributed by atoms with Crippen LogP contribution in [0.3, 0.4) is 0 Å². The predicted molar refractivity (Wildman–Crippen MR) is 67.5 cm³/mol. The largest absolute Gasteiger partial charge is 0.495 e. The number of nitrogens with two attached hydrogens (primary N) is 1. The zero-order chi connectivity index (χ0) is 12.4. The number of rotatable bonds is 3. The maximum atomic E-state index is 6.18. The molecule has 2 N–H and O–H groups in total. The molecule has 17 heavy (non-hydrogen) atoms. The summed E-state index contributed by atoms with van der Waals surface area (Å²) in [4.78, 5) is 0. The topological polar surface area (TPSA) is 48.4 Å². The average Bonchev–Trinajstić information content (AvgIpc) is 2.75. The normalized spacial score (nSPS) is 12.5. The molecule has 0 saturated heterocycles. The highest BCUT2D eigenvalue weighted by molar-refractivity contribution is 6.32. The van der Waals surface area contributed by atoms with Gasteiger partial charge in [0.05, 0.1) is 24.4 Å². The molecule has 0 bridgehead atoms. The van der Waals surface area contributed by atoms with Crippen molar-refractivity contribution in [3.63, 3.8) is 0 Å². The molecule has 0 aliphatic rings. The van der Waals surface area contributed by atoms with Gasteiger partial charge in [-0.25, -0.2) is 0 Å². The van der Waals surface area contributed by atoms with E-state index < -0.39 is 0 Å². The number of methoxy groups -OCH3 is 1. The Balaban J connectivity index is 2.38. The van der Waals surface area contributed by atoms with Crippen LogP contribution < -0.4 is 10.5 Å². The van der Waals surface area contributed by atoms with E-state index in [2.05, 4.69) is 0 Å². The smallest absolute Gasteiger partial charge is 0.137 e. The highest BCUT2D eigenvalue weighted by Gasteiger charge is 2.15. The van der Waals surface area contributed by atoms with Crippen LogP contribution in [-0.4, -0.2) is 7.11 Å². The molecule has 0 radical (unpaired) electrons. The molecule has 90 valence electrons. The van der Waals surface area contributed by atoms with Crippen molar-refractivity contribution in [2.45, 2.75) is 13.0 Å². The monoisotopic (exact) mass is 251 g/mol. The minimum Gasteiger partial charge on any atom is -0.495 e. The van der Waals surface area contributed by atoms with E-state index in [0.717, 1.165) is 16.9 Å². The SMILES string of the molecule is COc1cc(C(N)c2ccoc2C)ccc1Cl. The predicted octanol–water partition coefficient (Wildman–Crippen LogP) is 3.30. The molecule has 0 aliphatic carbocycles. The summed E-state index contributed by atoms with van der Waals surface area (Å²) in [7, 11) is 1.58. The molecule has 4 heteroatoms. The molecule has 0 spiro atoms. The third kappa shape index (κ3) is 2.30. The zero-order valence-electron chi connectivity index (χ0n) is 9.74. The number of hydrogen-bond donors (Lipinski definition) is 1. The van der Waals surface area contributed by atoms with Crippen LogP contribution in [0.1, 0.15) is 22.9 Å². The van der Waals surface area contributed by atoms with Gasteiger partial charge in [0.15, 0.2) is 0 Å². The molecule has 1 aromatic carbocycles. The molecular weight excluding hydrogens is 238 g/mol. The van der Waals surface area contributed by atoms with Crippen molar-refractivity contribution < 1.29 is 9.15 Å². The molecule has 0 aliphatic heterocycles. The van der Waals surface area contributed by atoms with Crippen LogP contribution in [0.4, 0.5) is 0 Å². The van der Waals surface area contributed by atoms with Gasteiger partial charge in [0.2, 0.25) is 0 Å². The lowest BCUT2D eigenvalue weighted by molar-refractivity contribution is 0.414. The molecule has 0 fully saturated rings. The Morgan fingerprint density at radius 1 is 1.35 bits per heavy atom. The Morgan fingerprint density at radius 2 is 2.12 bits per heavy atom. The summed E-state index contributed by atoms with van der Waals surface area (Å²) in [6.07, 6.45) is 1.64. The van der Waals surface area contributed by atoms with Crippen LogP contribution in [0, 0.1) is 6.92 Å². The van der Waals surface area contributed by atoms with Crippen LogP contribution in [0.5, 0.6) is 5.75 Å². The van der Waals surface area contributed by atoms with Crippen LogP contribution in [-0.2, 0) is 0 Å². The summed E-state index contributed by atoms with van der Waals surface area (Å²) < 4.78 is 10.4. The Bertz CT molecular complexity index is 522. The molecule has 1 atom stereocenters. The Hall–Kier alpha value is -1.45. The van der Waals surface area contributed by atoms with Gasteiger partial charge < -0.3 is 14.9 Å². The van der Waals surface area contributed by atoms with E-state index in [0.29, 0.717) is 10.8 Å². The number of benzene rings is 1. The molecular formula is C13H14ClNO2. The third-order valence-corrected chi connectivity index (χ3v) is 3.08. The quantitative estimate of drug-likeness (QED) is 0.911. The fourth-order valence-corrected chi connectivity index (χ4v) is 1.96. The van der Waals surface area contributed by atoms with Crippen LogP contribution >= 0.6 is 11.6 Å². The van der Waals surface area contributed by atoms with E-state index in [1.54, 1.807) is 19.4 Å². The van der Waals surface area contributed by atoms with Crippen molar-refractivity contribution in [3.05, 3.63) is 52.4 Å². The summed E-state index contributed by atoms with van der Waals surface area (Å²) in [6.45, 7) is 1.89. The Labute approximate surface area is 105 Å². The van der Waals surface area contributed by atoms with Gasteiger partial charge in [0.1, 0.15) is 11.5 Å². The van der Waals surface area contributed by atoms with Gasteiger partial charge in [-0.3, -0.25) is 0 Å². The highest BCUT2D eigenvalue weighted by Crippen LogP contribution is 2.30. The Morgan fingerprint density at radius 3 is 2.71 bits per heavy atom. The number of ether oxygens (including phenoxy) is 1. The first kappa shape index (κ1) is 12.0. The van der Waals surface area contributed by atoms with Crippen LogP contribution in [0.2, 0.25) is 5.02 Å². The first-order chi connectivity index (χ1) is 8.13. The third-order valence-electron chi connectivity index (χ3n) is 2.77. The van der Waals surface area contributed by atoms with E-state index in [4.69, 9.17) is 26.5 Å². The number of furan rings is 1. The standard InChI is InChI=1S/C13H14ClNO2/c1-8-10(5-6-17-8)13(15)9-3-4-11(14)12(7-9)16-2/h3-7,13H,15H2,1-2H3. The first-order valence-corrected chi connectivity index (χ1v) is 5.64. The maximum absolute atomic E-state index is 6.18. The summed E-state index contributed by atoms with van der Waals surface area (Å²) >= 11 is 5.97. The lowest BCUT2D eigenvalue weighted by atomic mass is 10.00. The minimum absolute atomic E-state index is 0.236. The van der Waals surface area contributed by atoms with Crippen molar-refractivity contribution in [1.29, 1.82) is 0 Å². The molecule has 1 aromatic heterocycles. The summed E-state index contributed by atoms with van der Waals surface area (Å²) in [5.41, 5.74) is 8.08. The second kappa shape index (κ2) is 4.82. The van der Waals surface area contributed by atoms with E-state index in [9.17, 15) is 0 Å². The van der Waals surface area contributed by atoms with Crippen molar-refractivity contribution in [2.24, 2.45) is 5.73 Å². The molecule has 1 unspecified atom stereocenters. The minimum atomic E-state index is -0.236. The van der Waals surface area contributed by atoms with Gasteiger partial charge in [-0.15, -0.1) is 0 Å². The summed E-state index contributed by atoms with van der Waals surface area (Å²) in [6, 6.07) is 7.16. The molecule has 0 amide bonds. The second-order valence-corrected chi connectivity index (χ2v) is 4.21.